The lowest BCUT2D eigenvalue weighted by atomic mass is 10.2. The monoisotopic (exact) mass is 298 g/mol. The second-order valence-corrected chi connectivity index (χ2v) is 5.17. The first-order valence-corrected chi connectivity index (χ1v) is 7.37. The van der Waals surface area contributed by atoms with Gasteiger partial charge in [-0.05, 0) is 44.4 Å². The number of carbonyl (C=O) groups is 1. The molecule has 1 amide bonds. The second kappa shape index (κ2) is 11.3. The number of rotatable bonds is 7. The van der Waals surface area contributed by atoms with E-state index in [-0.39, 0.29) is 6.04 Å². The van der Waals surface area contributed by atoms with E-state index in [4.69, 9.17) is 16.0 Å². The molecule has 112 valence electrons. The molecule has 7 heteroatoms. The third kappa shape index (κ3) is 8.53. The van der Waals surface area contributed by atoms with Crippen LogP contribution in [0.3, 0.4) is 0 Å². The van der Waals surface area contributed by atoms with Gasteiger partial charge in [0, 0.05) is 29.0 Å². The van der Waals surface area contributed by atoms with Crippen molar-refractivity contribution in [3.05, 3.63) is 32.3 Å². The van der Waals surface area contributed by atoms with Crippen LogP contribution < -0.4 is 5.73 Å². The van der Waals surface area contributed by atoms with Gasteiger partial charge in [-0.15, -0.1) is 11.3 Å². The molecule has 0 spiro atoms. The third-order valence-electron chi connectivity index (χ3n) is 2.37. The molecule has 1 rings (SSSR count). The van der Waals surface area contributed by atoms with Crippen molar-refractivity contribution in [2.75, 3.05) is 13.2 Å². The van der Waals surface area contributed by atoms with Gasteiger partial charge >= 0.3 is 0 Å². The maximum Gasteiger partial charge on any atom is 0.258 e. The Morgan fingerprint density at radius 3 is 2.55 bits per heavy atom. The number of thiophene rings is 1. The molecular formula is C13H22N4O2S. The van der Waals surface area contributed by atoms with Crippen LogP contribution in [0.25, 0.3) is 10.4 Å². The van der Waals surface area contributed by atoms with Crippen molar-refractivity contribution < 1.29 is 9.53 Å². The van der Waals surface area contributed by atoms with Crippen LogP contribution in [-0.2, 0) is 11.2 Å². The first-order chi connectivity index (χ1) is 9.54. The Balaban J connectivity index is 0.000000621. The third-order valence-corrected chi connectivity index (χ3v) is 3.53. The minimum Gasteiger partial charge on any atom is -0.382 e. The molecule has 1 atom stereocenters. The normalized spacial score (nSPS) is 10.9. The van der Waals surface area contributed by atoms with Gasteiger partial charge in [-0.1, -0.05) is 12.0 Å². The lowest BCUT2D eigenvalue weighted by Gasteiger charge is -2.01. The molecule has 0 aromatic carbocycles. The van der Waals surface area contributed by atoms with Gasteiger partial charge in [-0.25, -0.2) is 0 Å². The number of aryl methyl sites for hydroxylation is 1. The Kier molecular flexibility index (Phi) is 10.4. The highest BCUT2D eigenvalue weighted by Crippen LogP contribution is 2.18. The Hall–Kier alpha value is -1.56. The van der Waals surface area contributed by atoms with Crippen LogP contribution in [0.15, 0.2) is 17.2 Å². The van der Waals surface area contributed by atoms with E-state index in [2.05, 4.69) is 10.0 Å². The van der Waals surface area contributed by atoms with Crippen molar-refractivity contribution in [3.63, 3.8) is 0 Å². The SMILES string of the molecule is CC(CCc1ccc(C(N)=O)s1)N=[N+]=[N-].CCOCC. The van der Waals surface area contributed by atoms with Crippen LogP contribution in [-0.4, -0.2) is 25.2 Å². The number of carbonyl (C=O) groups excluding carboxylic acids is 1. The Labute approximate surface area is 123 Å². The van der Waals surface area contributed by atoms with Crippen LogP contribution in [0.4, 0.5) is 0 Å². The fourth-order valence-corrected chi connectivity index (χ4v) is 2.22. The summed E-state index contributed by atoms with van der Waals surface area (Å²) in [6, 6.07) is 3.59. The van der Waals surface area contributed by atoms with E-state index in [1.807, 2.05) is 26.8 Å². The van der Waals surface area contributed by atoms with E-state index in [9.17, 15) is 4.79 Å². The molecule has 2 N–H and O–H groups in total. The molecule has 1 aromatic heterocycles. The molecule has 0 aliphatic heterocycles. The van der Waals surface area contributed by atoms with Crippen LogP contribution >= 0.6 is 11.3 Å². The largest absolute Gasteiger partial charge is 0.382 e. The van der Waals surface area contributed by atoms with Crippen molar-refractivity contribution in [3.8, 4) is 0 Å². The summed E-state index contributed by atoms with van der Waals surface area (Å²) in [5.74, 6) is -0.394. The van der Waals surface area contributed by atoms with Crippen LogP contribution in [0.5, 0.6) is 0 Å². The maximum absolute atomic E-state index is 10.8. The molecule has 1 aromatic rings. The predicted molar refractivity (Wildman–Crippen MR) is 81.9 cm³/mol. The average Bonchev–Trinajstić information content (AvgIpc) is 2.87. The number of hydrogen-bond acceptors (Lipinski definition) is 4. The van der Waals surface area contributed by atoms with Gasteiger partial charge in [0.1, 0.15) is 0 Å². The zero-order valence-electron chi connectivity index (χ0n) is 12.2. The summed E-state index contributed by atoms with van der Waals surface area (Å²) in [4.78, 5) is 15.2. The standard InChI is InChI=1S/C9H12N4OS.C4H10O/c1-6(12-13-11)2-3-7-4-5-8(15-7)9(10)14;1-3-5-4-2/h4-6H,2-3H2,1H3,(H2,10,14);3-4H2,1-2H3. The van der Waals surface area contributed by atoms with Crippen molar-refractivity contribution >= 4 is 17.2 Å². The topological polar surface area (TPSA) is 101 Å². The summed E-state index contributed by atoms with van der Waals surface area (Å²) in [7, 11) is 0. The van der Waals surface area contributed by atoms with Crippen molar-refractivity contribution in [1.29, 1.82) is 0 Å². The van der Waals surface area contributed by atoms with Gasteiger partial charge in [0.2, 0.25) is 0 Å². The first-order valence-electron chi connectivity index (χ1n) is 6.55. The van der Waals surface area contributed by atoms with Gasteiger partial charge in [0.15, 0.2) is 0 Å². The molecule has 0 saturated carbocycles. The van der Waals surface area contributed by atoms with E-state index in [1.54, 1.807) is 6.07 Å². The van der Waals surface area contributed by atoms with E-state index < -0.39 is 5.91 Å². The molecule has 0 aliphatic carbocycles. The van der Waals surface area contributed by atoms with E-state index in [0.29, 0.717) is 4.88 Å². The molecule has 1 unspecified atom stereocenters. The Bertz CT molecular complexity index is 439. The van der Waals surface area contributed by atoms with Crippen LogP contribution in [0.2, 0.25) is 0 Å². The summed E-state index contributed by atoms with van der Waals surface area (Å²) in [5, 5.41) is 3.58. The zero-order chi connectivity index (χ0) is 15.4. The molecule has 0 radical (unpaired) electrons. The molecule has 0 bridgehead atoms. The second-order valence-electron chi connectivity index (χ2n) is 4.00. The number of nitrogens with two attached hydrogens (primary N) is 1. The zero-order valence-corrected chi connectivity index (χ0v) is 13.0. The van der Waals surface area contributed by atoms with Gasteiger partial charge in [-0.3, -0.25) is 4.79 Å². The Morgan fingerprint density at radius 1 is 1.50 bits per heavy atom. The number of amides is 1. The lowest BCUT2D eigenvalue weighted by molar-refractivity contribution is 0.100. The molecule has 20 heavy (non-hydrogen) atoms. The van der Waals surface area contributed by atoms with E-state index in [0.717, 1.165) is 30.9 Å². The van der Waals surface area contributed by atoms with Gasteiger partial charge in [0.05, 0.1) is 4.88 Å². The van der Waals surface area contributed by atoms with Gasteiger partial charge < -0.3 is 10.5 Å². The summed E-state index contributed by atoms with van der Waals surface area (Å²) < 4.78 is 4.83. The minimum absolute atomic E-state index is 0.0193. The minimum atomic E-state index is -0.394. The molecular weight excluding hydrogens is 276 g/mol. The highest BCUT2D eigenvalue weighted by Gasteiger charge is 2.06. The smallest absolute Gasteiger partial charge is 0.258 e. The fraction of sp³-hybridized carbons (Fsp3) is 0.615. The number of azide groups is 1. The first kappa shape index (κ1) is 18.4. The molecule has 0 fully saturated rings. The Morgan fingerprint density at radius 2 is 2.15 bits per heavy atom. The molecule has 0 aliphatic rings. The van der Waals surface area contributed by atoms with E-state index in [1.165, 1.54) is 11.3 Å². The highest BCUT2D eigenvalue weighted by atomic mass is 32.1. The number of ether oxygens (including phenoxy) is 1. The van der Waals surface area contributed by atoms with E-state index >= 15 is 0 Å². The van der Waals surface area contributed by atoms with Crippen LogP contribution in [0, 0.1) is 0 Å². The fourth-order valence-electron chi connectivity index (χ4n) is 1.35. The summed E-state index contributed by atoms with van der Waals surface area (Å²) in [6.45, 7) is 7.53. The van der Waals surface area contributed by atoms with Gasteiger partial charge in [-0.2, -0.15) is 0 Å². The van der Waals surface area contributed by atoms with Crippen LogP contribution in [0.1, 0.15) is 41.7 Å². The summed E-state index contributed by atoms with van der Waals surface area (Å²) >= 11 is 1.39. The molecule has 6 nitrogen and oxygen atoms in total. The lowest BCUT2D eigenvalue weighted by Crippen LogP contribution is -2.08. The average molecular weight is 298 g/mol. The van der Waals surface area contributed by atoms with Crippen molar-refractivity contribution in [1.82, 2.24) is 0 Å². The van der Waals surface area contributed by atoms with Gasteiger partial charge in [0.25, 0.3) is 5.91 Å². The van der Waals surface area contributed by atoms with Crippen molar-refractivity contribution in [2.24, 2.45) is 10.8 Å². The quantitative estimate of drug-likeness (QED) is 0.473. The summed E-state index contributed by atoms with van der Waals surface area (Å²) in [5.41, 5.74) is 13.3. The highest BCUT2D eigenvalue weighted by molar-refractivity contribution is 7.14. The number of primary amides is 1. The predicted octanol–water partition coefficient (Wildman–Crippen LogP) is 3.52. The number of hydrogen-bond donors (Lipinski definition) is 1. The molecule has 1 heterocycles. The molecule has 0 saturated heterocycles. The maximum atomic E-state index is 10.8. The summed E-state index contributed by atoms with van der Waals surface area (Å²) in [6.07, 6.45) is 1.58. The number of nitrogens with zero attached hydrogens (tertiary/aromatic N) is 3. The van der Waals surface area contributed by atoms with Crippen molar-refractivity contribution in [2.45, 2.75) is 39.7 Å².